The Hall–Kier alpha value is -0.780. The summed E-state index contributed by atoms with van der Waals surface area (Å²) < 4.78 is 6.57. The molecule has 2 aliphatic rings. The highest BCUT2D eigenvalue weighted by atomic mass is 32.1. The van der Waals surface area contributed by atoms with E-state index in [1.807, 2.05) is 0 Å². The van der Waals surface area contributed by atoms with Crippen LogP contribution in [0.2, 0.25) is 0 Å². The van der Waals surface area contributed by atoms with Gasteiger partial charge in [0.1, 0.15) is 16.6 Å². The number of H-pyrrole nitrogens is 1. The number of nitrogens with one attached hydrogen (secondary N) is 1. The Bertz CT molecular complexity index is 499. The van der Waals surface area contributed by atoms with Gasteiger partial charge in [-0.1, -0.05) is 12.2 Å². The Morgan fingerprint density at radius 2 is 2.22 bits per heavy atom. The standard InChI is InChI=1S/C13H19N3OS/c1-16-6-7-17-11(8-16)12-14-10-5-3-2-4-9(10)13(18)15-12/h11H,2-8H2,1H3,(H,14,15,18). The molecule has 98 valence electrons. The van der Waals surface area contributed by atoms with Crippen LogP contribution in [0.4, 0.5) is 0 Å². The number of hydrogen-bond acceptors (Lipinski definition) is 4. The predicted molar refractivity (Wildman–Crippen MR) is 72.3 cm³/mol. The van der Waals surface area contributed by atoms with Crippen molar-refractivity contribution in [2.45, 2.75) is 31.8 Å². The lowest BCUT2D eigenvalue weighted by molar-refractivity contribution is -0.0256. The zero-order chi connectivity index (χ0) is 12.5. The topological polar surface area (TPSA) is 41.1 Å². The fraction of sp³-hybridized carbons (Fsp3) is 0.692. The maximum Gasteiger partial charge on any atom is 0.138 e. The predicted octanol–water partition coefficient (Wildman–Crippen LogP) is 2.02. The van der Waals surface area contributed by atoms with E-state index in [0.717, 1.165) is 43.0 Å². The van der Waals surface area contributed by atoms with Crippen LogP contribution in [0.1, 0.15) is 36.0 Å². The van der Waals surface area contributed by atoms with Crippen LogP contribution in [0.25, 0.3) is 0 Å². The number of ether oxygens (including phenoxy) is 1. The first kappa shape index (κ1) is 12.3. The molecule has 4 nitrogen and oxygen atoms in total. The smallest absolute Gasteiger partial charge is 0.138 e. The van der Waals surface area contributed by atoms with E-state index in [-0.39, 0.29) is 6.10 Å². The van der Waals surface area contributed by atoms with E-state index in [4.69, 9.17) is 17.0 Å². The highest BCUT2D eigenvalue weighted by molar-refractivity contribution is 7.71. The average molecular weight is 265 g/mol. The molecular weight excluding hydrogens is 246 g/mol. The highest BCUT2D eigenvalue weighted by Gasteiger charge is 2.23. The van der Waals surface area contributed by atoms with Gasteiger partial charge >= 0.3 is 0 Å². The van der Waals surface area contributed by atoms with Crippen molar-refractivity contribution in [1.29, 1.82) is 0 Å². The number of aryl methyl sites for hydroxylation is 1. The number of nitrogens with zero attached hydrogens (tertiary/aromatic N) is 2. The average Bonchev–Trinajstić information content (AvgIpc) is 2.39. The maximum atomic E-state index is 5.80. The largest absolute Gasteiger partial charge is 0.368 e. The molecule has 1 aliphatic carbocycles. The third kappa shape index (κ3) is 2.35. The van der Waals surface area contributed by atoms with Gasteiger partial charge in [0.25, 0.3) is 0 Å². The summed E-state index contributed by atoms with van der Waals surface area (Å²) in [5.41, 5.74) is 2.54. The molecule has 1 N–H and O–H groups in total. The fourth-order valence-electron chi connectivity index (χ4n) is 2.73. The van der Waals surface area contributed by atoms with Gasteiger partial charge in [0.15, 0.2) is 0 Å². The van der Waals surface area contributed by atoms with Crippen LogP contribution >= 0.6 is 12.2 Å². The number of likely N-dealkylation sites (N-methyl/N-ethyl adjacent to an activating group) is 1. The molecule has 1 aromatic heterocycles. The van der Waals surface area contributed by atoms with E-state index in [9.17, 15) is 0 Å². The van der Waals surface area contributed by atoms with Gasteiger partial charge in [0.05, 0.1) is 6.61 Å². The van der Waals surface area contributed by atoms with E-state index < -0.39 is 0 Å². The van der Waals surface area contributed by atoms with Gasteiger partial charge in [-0.15, -0.1) is 0 Å². The van der Waals surface area contributed by atoms with E-state index in [1.165, 1.54) is 24.1 Å². The van der Waals surface area contributed by atoms with Crippen molar-refractivity contribution >= 4 is 12.2 Å². The lowest BCUT2D eigenvalue weighted by Gasteiger charge is -2.30. The molecule has 18 heavy (non-hydrogen) atoms. The number of rotatable bonds is 1. The first-order valence-corrected chi connectivity index (χ1v) is 7.07. The molecule has 1 unspecified atom stereocenters. The summed E-state index contributed by atoms with van der Waals surface area (Å²) in [7, 11) is 2.11. The summed E-state index contributed by atoms with van der Waals surface area (Å²) in [5, 5.41) is 0. The van der Waals surface area contributed by atoms with Crippen molar-refractivity contribution in [3.8, 4) is 0 Å². The van der Waals surface area contributed by atoms with Gasteiger partial charge < -0.3 is 14.6 Å². The second kappa shape index (κ2) is 5.07. The maximum absolute atomic E-state index is 5.80. The molecule has 1 aromatic rings. The van der Waals surface area contributed by atoms with Crippen molar-refractivity contribution < 1.29 is 4.74 Å². The third-order valence-electron chi connectivity index (χ3n) is 3.80. The summed E-state index contributed by atoms with van der Waals surface area (Å²) in [4.78, 5) is 10.3. The number of morpholine rings is 1. The Kier molecular flexibility index (Phi) is 3.46. The van der Waals surface area contributed by atoms with Crippen LogP contribution in [-0.4, -0.2) is 41.6 Å². The van der Waals surface area contributed by atoms with Gasteiger partial charge in [-0.05, 0) is 32.7 Å². The number of aromatic nitrogens is 2. The summed E-state index contributed by atoms with van der Waals surface area (Å²) in [6.45, 7) is 2.64. The Morgan fingerprint density at radius 1 is 1.39 bits per heavy atom. The minimum absolute atomic E-state index is 0.0395. The Balaban J connectivity index is 1.93. The zero-order valence-corrected chi connectivity index (χ0v) is 11.6. The summed E-state index contributed by atoms with van der Waals surface area (Å²) in [5.74, 6) is 0.909. The van der Waals surface area contributed by atoms with Crippen LogP contribution in [-0.2, 0) is 17.6 Å². The van der Waals surface area contributed by atoms with Gasteiger partial charge in [0.2, 0.25) is 0 Å². The van der Waals surface area contributed by atoms with Crippen molar-refractivity contribution in [3.63, 3.8) is 0 Å². The van der Waals surface area contributed by atoms with Crippen molar-refractivity contribution in [3.05, 3.63) is 21.7 Å². The lowest BCUT2D eigenvalue weighted by Crippen LogP contribution is -2.36. The minimum Gasteiger partial charge on any atom is -0.368 e. The summed E-state index contributed by atoms with van der Waals surface area (Å²) in [6.07, 6.45) is 4.68. The van der Waals surface area contributed by atoms with Crippen LogP contribution in [0, 0.1) is 4.64 Å². The Labute approximate surface area is 112 Å². The fourth-order valence-corrected chi connectivity index (χ4v) is 3.06. The number of hydrogen-bond donors (Lipinski definition) is 1. The number of fused-ring (bicyclic) bond motifs is 1. The summed E-state index contributed by atoms with van der Waals surface area (Å²) in [6, 6.07) is 0. The van der Waals surface area contributed by atoms with Crippen molar-refractivity contribution in [2.75, 3.05) is 26.7 Å². The van der Waals surface area contributed by atoms with Crippen LogP contribution in [0.15, 0.2) is 0 Å². The highest BCUT2D eigenvalue weighted by Crippen LogP contribution is 2.24. The van der Waals surface area contributed by atoms with Crippen LogP contribution in [0.5, 0.6) is 0 Å². The molecule has 2 heterocycles. The minimum atomic E-state index is 0.0395. The second-order valence-corrected chi connectivity index (χ2v) is 5.60. The molecule has 0 aromatic carbocycles. The molecule has 5 heteroatoms. The van der Waals surface area contributed by atoms with Gasteiger partial charge in [-0.25, -0.2) is 4.98 Å². The van der Waals surface area contributed by atoms with Crippen LogP contribution < -0.4 is 0 Å². The molecule has 1 saturated heterocycles. The molecule has 0 spiro atoms. The molecule has 1 aliphatic heterocycles. The number of aromatic amines is 1. The SMILES string of the molecule is CN1CCOC(c2nc(=S)c3c([nH]2)CCCC3)C1. The van der Waals surface area contributed by atoms with E-state index in [0.29, 0.717) is 0 Å². The first-order valence-electron chi connectivity index (χ1n) is 6.66. The molecule has 0 bridgehead atoms. The lowest BCUT2D eigenvalue weighted by atomic mass is 9.97. The third-order valence-corrected chi connectivity index (χ3v) is 4.14. The quantitative estimate of drug-likeness (QED) is 0.789. The Morgan fingerprint density at radius 3 is 3.06 bits per heavy atom. The molecule has 1 atom stereocenters. The molecule has 1 fully saturated rings. The molecule has 0 amide bonds. The molecule has 0 radical (unpaired) electrons. The van der Waals surface area contributed by atoms with Crippen molar-refractivity contribution in [2.24, 2.45) is 0 Å². The van der Waals surface area contributed by atoms with Gasteiger partial charge in [-0.2, -0.15) is 0 Å². The van der Waals surface area contributed by atoms with Crippen molar-refractivity contribution in [1.82, 2.24) is 14.9 Å². The zero-order valence-electron chi connectivity index (χ0n) is 10.7. The van der Waals surface area contributed by atoms with Gasteiger partial charge in [-0.3, -0.25) is 0 Å². The molecule has 3 rings (SSSR count). The van der Waals surface area contributed by atoms with E-state index >= 15 is 0 Å². The van der Waals surface area contributed by atoms with E-state index in [2.05, 4.69) is 21.9 Å². The molecule has 0 saturated carbocycles. The second-order valence-electron chi connectivity index (χ2n) is 5.21. The van der Waals surface area contributed by atoms with Crippen LogP contribution in [0.3, 0.4) is 0 Å². The summed E-state index contributed by atoms with van der Waals surface area (Å²) >= 11 is 5.42. The first-order chi connectivity index (χ1) is 8.74. The van der Waals surface area contributed by atoms with E-state index in [1.54, 1.807) is 0 Å². The monoisotopic (exact) mass is 265 g/mol. The molecular formula is C13H19N3OS. The normalized spacial score (nSPS) is 24.8. The van der Waals surface area contributed by atoms with Gasteiger partial charge in [0, 0.05) is 24.3 Å².